The van der Waals surface area contributed by atoms with Crippen LogP contribution in [-0.4, -0.2) is 119 Å². The molecule has 80 heavy (non-hydrogen) atoms. The summed E-state index contributed by atoms with van der Waals surface area (Å²) in [5.74, 6) is -6.24. The van der Waals surface area contributed by atoms with Gasteiger partial charge in [-0.15, -0.1) is 0 Å². The second-order valence-corrected chi connectivity index (χ2v) is 22.3. The molecule has 2 unspecified atom stereocenters. The minimum absolute atomic E-state index is 0.0292. The Labute approximate surface area is 480 Å². The first-order valence-corrected chi connectivity index (χ1v) is 31.4. The highest BCUT2D eigenvalue weighted by molar-refractivity contribution is 5.92. The number of carboxylic acid groups (broad SMARTS) is 1. The summed E-state index contributed by atoms with van der Waals surface area (Å²) in [6.45, 7) is 9.87. The number of aliphatic carboxylic acids is 1. The summed E-state index contributed by atoms with van der Waals surface area (Å²) in [6, 6.07) is -3.99. The lowest BCUT2D eigenvalue weighted by atomic mass is 9.96. The second kappa shape index (κ2) is 47.2. The predicted molar refractivity (Wildman–Crippen MR) is 308 cm³/mol. The van der Waals surface area contributed by atoms with Gasteiger partial charge in [0.05, 0.1) is 6.42 Å². The minimum atomic E-state index is -1.70. The molecule has 0 aliphatic carbocycles. The van der Waals surface area contributed by atoms with Crippen molar-refractivity contribution >= 4 is 47.5 Å². The fraction of sp³-hybridized carbons (Fsp3) is 0.869. The molecule has 19 nitrogen and oxygen atoms in total. The van der Waals surface area contributed by atoms with E-state index >= 15 is 0 Å². The zero-order valence-corrected chi connectivity index (χ0v) is 50.3. The van der Waals surface area contributed by atoms with E-state index in [0.29, 0.717) is 19.3 Å². The van der Waals surface area contributed by atoms with Crippen LogP contribution in [0.15, 0.2) is 0 Å². The molecule has 1 aliphatic heterocycles. The van der Waals surface area contributed by atoms with Gasteiger partial charge >= 0.3 is 23.9 Å². The van der Waals surface area contributed by atoms with Crippen molar-refractivity contribution in [3.8, 4) is 0 Å². The summed E-state index contributed by atoms with van der Waals surface area (Å²) in [6.07, 6.45) is 25.6. The van der Waals surface area contributed by atoms with E-state index in [1.165, 1.54) is 136 Å². The van der Waals surface area contributed by atoms with Crippen LogP contribution in [0.3, 0.4) is 0 Å². The van der Waals surface area contributed by atoms with Gasteiger partial charge < -0.3 is 55.6 Å². The molecule has 0 aromatic rings. The van der Waals surface area contributed by atoms with Gasteiger partial charge in [-0.3, -0.25) is 38.4 Å². The third-order valence-corrected chi connectivity index (χ3v) is 14.8. The number of rotatable bonds is 51. The lowest BCUT2D eigenvalue weighted by Gasteiger charge is -2.44. The molecule has 1 heterocycles. The van der Waals surface area contributed by atoms with Crippen LogP contribution >= 0.6 is 0 Å². The number of esters is 3. The van der Waals surface area contributed by atoms with E-state index in [9.17, 15) is 43.5 Å². The molecule has 0 bridgehead atoms. The van der Waals surface area contributed by atoms with Crippen LogP contribution in [0, 0.1) is 0 Å². The molecule has 0 radical (unpaired) electrons. The summed E-state index contributed by atoms with van der Waals surface area (Å²) in [7, 11) is 0. The minimum Gasteiger partial charge on any atom is -0.481 e. The van der Waals surface area contributed by atoms with Crippen molar-refractivity contribution in [1.29, 1.82) is 0 Å². The summed E-state index contributed by atoms with van der Waals surface area (Å²) >= 11 is 0. The normalized spacial score (nSPS) is 18.5. The lowest BCUT2D eigenvalue weighted by Crippen LogP contribution is -2.66. The first-order valence-electron chi connectivity index (χ1n) is 31.4. The monoisotopic (exact) mass is 1140 g/mol. The maximum absolute atomic E-state index is 13.7. The second-order valence-electron chi connectivity index (χ2n) is 22.3. The molecule has 1 saturated heterocycles. The highest BCUT2D eigenvalue weighted by atomic mass is 16.7. The van der Waals surface area contributed by atoms with E-state index in [-0.39, 0.29) is 31.7 Å². The van der Waals surface area contributed by atoms with Crippen LogP contribution in [0.5, 0.6) is 0 Å². The van der Waals surface area contributed by atoms with E-state index in [1.807, 2.05) is 0 Å². The van der Waals surface area contributed by atoms with Gasteiger partial charge in [0.15, 0.2) is 0 Å². The number of aliphatic hydroxyl groups excluding tert-OH is 1. The van der Waals surface area contributed by atoms with Crippen molar-refractivity contribution < 1.29 is 72.3 Å². The Morgan fingerprint density at radius 2 is 1.01 bits per heavy atom. The number of carbonyl (C=O) groups excluding carboxylic acids is 7. The number of hydrogen-bond acceptors (Lipinski definition) is 14. The zero-order chi connectivity index (χ0) is 59.3. The molecule has 1 rings (SSSR count). The highest BCUT2D eigenvalue weighted by Crippen LogP contribution is 2.28. The molecule has 19 heteroatoms. The molecule has 1 aliphatic rings. The van der Waals surface area contributed by atoms with Crippen LogP contribution < -0.4 is 21.7 Å². The predicted octanol–water partition coefficient (Wildman–Crippen LogP) is 10.4. The third-order valence-electron chi connectivity index (χ3n) is 14.8. The Kier molecular flexibility index (Phi) is 43.4. The quantitative estimate of drug-likeness (QED) is 0.0188. The van der Waals surface area contributed by atoms with Crippen molar-refractivity contribution in [3.05, 3.63) is 0 Å². The van der Waals surface area contributed by atoms with Crippen LogP contribution in [0.4, 0.5) is 0 Å². The first-order chi connectivity index (χ1) is 38.4. The van der Waals surface area contributed by atoms with Gasteiger partial charge in [-0.2, -0.15) is 0 Å². The van der Waals surface area contributed by atoms with Crippen molar-refractivity contribution in [2.45, 2.75) is 334 Å². The Morgan fingerprint density at radius 1 is 0.562 bits per heavy atom. The van der Waals surface area contributed by atoms with E-state index in [1.54, 1.807) is 0 Å². The Balaban J connectivity index is 3.21. The van der Waals surface area contributed by atoms with E-state index < -0.39 is 109 Å². The smallest absolute Gasteiger partial charge is 0.309 e. The number of carboxylic acids is 1. The van der Waals surface area contributed by atoms with Crippen molar-refractivity contribution in [1.82, 2.24) is 16.0 Å². The molecular formula is C61H110N4O15. The van der Waals surface area contributed by atoms with Gasteiger partial charge in [0.1, 0.15) is 55.3 Å². The summed E-state index contributed by atoms with van der Waals surface area (Å²) in [5.41, 5.74) is 5.37. The largest absolute Gasteiger partial charge is 0.481 e. The van der Waals surface area contributed by atoms with Gasteiger partial charge in [0.2, 0.25) is 29.9 Å². The van der Waals surface area contributed by atoms with Crippen LogP contribution in [-0.2, 0) is 62.0 Å². The highest BCUT2D eigenvalue weighted by Gasteiger charge is 2.50. The lowest BCUT2D eigenvalue weighted by molar-refractivity contribution is -0.275. The Bertz CT molecular complexity index is 1720. The Morgan fingerprint density at radius 3 is 1.46 bits per heavy atom. The fourth-order valence-corrected chi connectivity index (χ4v) is 9.85. The van der Waals surface area contributed by atoms with Crippen LogP contribution in [0.25, 0.3) is 0 Å². The van der Waals surface area contributed by atoms with Gasteiger partial charge in [-0.25, -0.2) is 0 Å². The van der Waals surface area contributed by atoms with Crippen molar-refractivity contribution in [2.24, 2.45) is 5.73 Å². The van der Waals surface area contributed by atoms with Gasteiger partial charge in [-0.05, 0) is 46.0 Å². The van der Waals surface area contributed by atoms with E-state index in [0.717, 1.165) is 70.6 Å². The molecule has 0 aromatic carbocycles. The summed E-state index contributed by atoms with van der Waals surface area (Å²) in [5, 5.41) is 28.4. The maximum atomic E-state index is 13.7. The topological polar surface area (TPSA) is 285 Å². The fourth-order valence-electron chi connectivity index (χ4n) is 9.85. The number of nitrogens with one attached hydrogen (secondary N) is 3. The Hall–Kier alpha value is -4.36. The van der Waals surface area contributed by atoms with Crippen LogP contribution in [0.1, 0.15) is 279 Å². The molecule has 4 amide bonds. The van der Waals surface area contributed by atoms with E-state index in [4.69, 9.17) is 34.5 Å². The number of primary amides is 1. The number of hydrogen-bond donors (Lipinski definition) is 6. The molecule has 1 fully saturated rings. The summed E-state index contributed by atoms with van der Waals surface area (Å²) < 4.78 is 29.7. The average molecular weight is 1140 g/mol. The number of aliphatic hydroxyl groups is 1. The average Bonchev–Trinajstić information content (AvgIpc) is 3.42. The summed E-state index contributed by atoms with van der Waals surface area (Å²) in [4.78, 5) is 103. The standard InChI is InChI=1S/C61H110N4O15/c1-7-10-13-16-19-22-24-27-30-33-36-39-52(69)78-48(38-35-32-29-26-21-18-15-12-9-3)43-54(71)76-44-50-56(72)57(77-46(5)60(75)63-45(4)59(74)65-49(58(62)73)41-42-51(67)68)55(64-47(6)66)61(79-50)80-53(70)40-37-34-31-28-25-23-20-17-14-11-8-2/h45-46,48-50,55-57,61,72H,7-44H2,1-6H3,(H2,62,73)(H,63,75)(H,64,66)(H,65,74)(H,67,68)/t45-,46?,48+,49+,50+,55+,56+,57-,61?/m0/s1. The molecule has 9 atom stereocenters. The number of ether oxygens (including phenoxy) is 5. The first kappa shape index (κ1) is 73.7. The SMILES string of the molecule is CCCCCCCCCCCCCC(=O)OC1O[C@H](COC(=O)C[C@@H](CCCCCCCCCCC)OC(=O)CCCCCCCCCCCCC)[C@@H](O)[C@@H](OC(C)C(=O)N[C@@H](C)C(=O)N[C@H](CCC(=O)O)C(N)=O)[C@H]1NC(C)=O. The van der Waals surface area contributed by atoms with E-state index in [2.05, 4.69) is 36.7 Å². The van der Waals surface area contributed by atoms with Crippen LogP contribution in [0.2, 0.25) is 0 Å². The van der Waals surface area contributed by atoms with Gasteiger partial charge in [0.25, 0.3) is 0 Å². The molecule has 0 aromatic heterocycles. The number of amides is 4. The maximum Gasteiger partial charge on any atom is 0.309 e. The van der Waals surface area contributed by atoms with Crippen molar-refractivity contribution in [3.63, 3.8) is 0 Å². The molecule has 0 saturated carbocycles. The molecule has 0 spiro atoms. The third kappa shape index (κ3) is 36.9. The zero-order valence-electron chi connectivity index (χ0n) is 50.3. The van der Waals surface area contributed by atoms with Crippen molar-refractivity contribution in [2.75, 3.05) is 6.61 Å². The molecule has 464 valence electrons. The molecule has 7 N–H and O–H groups in total. The van der Waals surface area contributed by atoms with Gasteiger partial charge in [-0.1, -0.05) is 201 Å². The molecular weight excluding hydrogens is 1030 g/mol. The number of nitrogens with two attached hydrogens (primary N) is 1. The number of unbranched alkanes of at least 4 members (excludes halogenated alkanes) is 28. The van der Waals surface area contributed by atoms with Gasteiger partial charge in [0, 0.05) is 26.2 Å². The number of carbonyl (C=O) groups is 8.